The van der Waals surface area contributed by atoms with Gasteiger partial charge in [0.2, 0.25) is 8.32 Å². The van der Waals surface area contributed by atoms with Gasteiger partial charge in [-0.3, -0.25) is 4.90 Å². The molecule has 1 unspecified atom stereocenters. The molecular formula is C41H60N2O3Si. The number of anilines is 1. The monoisotopic (exact) mass is 656 g/mol. The molecule has 0 bridgehead atoms. The highest BCUT2D eigenvalue weighted by Crippen LogP contribution is 2.41. The molecular weight excluding hydrogens is 597 g/mol. The number of hydrogen-bond donors (Lipinski definition) is 0. The van der Waals surface area contributed by atoms with Crippen molar-refractivity contribution in [1.82, 2.24) is 4.90 Å². The van der Waals surface area contributed by atoms with E-state index in [1.54, 1.807) is 7.11 Å². The molecule has 1 heterocycles. The second kappa shape index (κ2) is 16.0. The minimum Gasteiger partial charge on any atom is -0.543 e. The summed E-state index contributed by atoms with van der Waals surface area (Å²) >= 11 is 0. The summed E-state index contributed by atoms with van der Waals surface area (Å²) in [5.74, 6) is 3.38. The lowest BCUT2D eigenvalue weighted by Crippen LogP contribution is -2.43. The molecule has 0 radical (unpaired) electrons. The third-order valence-electron chi connectivity index (χ3n) is 10.9. The molecule has 0 amide bonds. The lowest BCUT2D eigenvalue weighted by atomic mass is 9.88. The van der Waals surface area contributed by atoms with Crippen LogP contribution in [-0.2, 0) is 19.4 Å². The van der Waals surface area contributed by atoms with Crippen LogP contribution in [-0.4, -0.2) is 53.1 Å². The van der Waals surface area contributed by atoms with E-state index in [-0.39, 0.29) is 5.04 Å². The highest BCUT2D eigenvalue weighted by Gasteiger charge is 2.39. The van der Waals surface area contributed by atoms with Gasteiger partial charge in [0.1, 0.15) is 23.9 Å². The minimum atomic E-state index is -1.88. The Labute approximate surface area is 286 Å². The number of hydrogen-bond acceptors (Lipinski definition) is 5. The van der Waals surface area contributed by atoms with Crippen molar-refractivity contribution in [3.8, 4) is 17.2 Å². The number of ether oxygens (including phenoxy) is 2. The third-order valence-corrected chi connectivity index (χ3v) is 15.3. The van der Waals surface area contributed by atoms with Crippen LogP contribution in [0, 0.1) is 0 Å². The molecule has 3 aromatic carbocycles. The van der Waals surface area contributed by atoms with E-state index in [9.17, 15) is 0 Å². The highest BCUT2D eigenvalue weighted by atomic mass is 28.4. The molecule has 2 aliphatic rings. The lowest BCUT2D eigenvalue weighted by Gasteiger charge is -2.36. The predicted molar refractivity (Wildman–Crippen MR) is 200 cm³/mol. The van der Waals surface area contributed by atoms with Crippen molar-refractivity contribution in [3.05, 3.63) is 82.9 Å². The Kier molecular flexibility index (Phi) is 12.0. The molecule has 5 nitrogen and oxygen atoms in total. The molecule has 1 aliphatic heterocycles. The molecule has 256 valence electrons. The van der Waals surface area contributed by atoms with Gasteiger partial charge in [0.05, 0.1) is 7.11 Å². The van der Waals surface area contributed by atoms with Crippen LogP contribution in [0.25, 0.3) is 0 Å². The Balaban J connectivity index is 1.28. The third kappa shape index (κ3) is 9.35. The number of fused-ring (bicyclic) bond motifs is 1. The standard InChI is InChI=1S/C41H60N2O3Si/c1-8-43(31-32-16-19-36(20-17-32)45-27-26-42-24-11-9-10-12-25-42)40-30-37(44-5)22-23-39(40)35-15-13-14-33-29-38(21-18-34(33)28-35)46-47(6,7)41(2,3)4/h16-23,29-30,35H,8-15,24-28,31H2,1-7H3. The summed E-state index contributed by atoms with van der Waals surface area (Å²) in [6, 6.07) is 22.4. The van der Waals surface area contributed by atoms with Gasteiger partial charge in [-0.05, 0) is 135 Å². The van der Waals surface area contributed by atoms with Crippen molar-refractivity contribution in [1.29, 1.82) is 0 Å². The van der Waals surface area contributed by atoms with E-state index in [0.29, 0.717) is 5.92 Å². The molecule has 1 atom stereocenters. The molecule has 3 aromatic rings. The Morgan fingerprint density at radius 3 is 2.21 bits per heavy atom. The van der Waals surface area contributed by atoms with Crippen molar-refractivity contribution in [2.75, 3.05) is 44.8 Å². The second-order valence-electron chi connectivity index (χ2n) is 15.3. The van der Waals surface area contributed by atoms with Gasteiger partial charge < -0.3 is 18.8 Å². The number of likely N-dealkylation sites (tertiary alicyclic amines) is 1. The zero-order valence-corrected chi connectivity index (χ0v) is 31.4. The van der Waals surface area contributed by atoms with Crippen molar-refractivity contribution < 1.29 is 13.9 Å². The van der Waals surface area contributed by atoms with E-state index in [1.807, 2.05) is 0 Å². The lowest BCUT2D eigenvalue weighted by molar-refractivity contribution is 0.214. The molecule has 47 heavy (non-hydrogen) atoms. The Morgan fingerprint density at radius 2 is 1.53 bits per heavy atom. The first-order valence-corrected chi connectivity index (χ1v) is 21.1. The van der Waals surface area contributed by atoms with Crippen LogP contribution in [0.2, 0.25) is 18.1 Å². The van der Waals surface area contributed by atoms with Gasteiger partial charge >= 0.3 is 0 Å². The average molecular weight is 657 g/mol. The first-order chi connectivity index (χ1) is 22.6. The molecule has 1 saturated heterocycles. The summed E-state index contributed by atoms with van der Waals surface area (Å²) in [5.41, 5.74) is 6.93. The largest absolute Gasteiger partial charge is 0.543 e. The smallest absolute Gasteiger partial charge is 0.250 e. The summed E-state index contributed by atoms with van der Waals surface area (Å²) < 4.78 is 18.6. The molecule has 5 rings (SSSR count). The van der Waals surface area contributed by atoms with Gasteiger partial charge in [0.25, 0.3) is 0 Å². The van der Waals surface area contributed by atoms with Gasteiger partial charge in [0, 0.05) is 31.4 Å². The van der Waals surface area contributed by atoms with E-state index < -0.39 is 8.32 Å². The fraction of sp³-hybridized carbons (Fsp3) is 0.561. The quantitative estimate of drug-likeness (QED) is 0.143. The highest BCUT2D eigenvalue weighted by molar-refractivity contribution is 6.74. The van der Waals surface area contributed by atoms with E-state index in [0.717, 1.165) is 56.3 Å². The minimum absolute atomic E-state index is 0.183. The maximum atomic E-state index is 6.70. The molecule has 0 N–H and O–H groups in total. The van der Waals surface area contributed by atoms with Crippen molar-refractivity contribution in [2.24, 2.45) is 0 Å². The van der Waals surface area contributed by atoms with Crippen molar-refractivity contribution >= 4 is 14.0 Å². The maximum absolute atomic E-state index is 6.70. The fourth-order valence-corrected chi connectivity index (χ4v) is 7.94. The number of methoxy groups -OCH3 is 1. The van der Waals surface area contributed by atoms with E-state index >= 15 is 0 Å². The summed E-state index contributed by atoms with van der Waals surface area (Å²) in [5, 5.41) is 0.183. The normalized spacial score (nSPS) is 17.7. The van der Waals surface area contributed by atoms with Gasteiger partial charge in [0.15, 0.2) is 0 Å². The number of nitrogens with zero attached hydrogens (tertiary/aromatic N) is 2. The topological polar surface area (TPSA) is 34.2 Å². The van der Waals surface area contributed by atoms with Crippen LogP contribution in [0.3, 0.4) is 0 Å². The van der Waals surface area contributed by atoms with E-state index in [2.05, 4.69) is 111 Å². The first-order valence-electron chi connectivity index (χ1n) is 18.2. The SMILES string of the molecule is CCN(Cc1ccc(OCCN2CCCCCC2)cc1)c1cc(OC)ccc1C1CCCc2cc(O[Si](C)(C)C(C)(C)C)ccc2C1. The first kappa shape index (κ1) is 35.3. The predicted octanol–water partition coefficient (Wildman–Crippen LogP) is 10.0. The maximum Gasteiger partial charge on any atom is 0.250 e. The van der Waals surface area contributed by atoms with E-state index in [1.165, 1.54) is 79.6 Å². The number of aryl methyl sites for hydroxylation is 1. The van der Waals surface area contributed by atoms with Gasteiger partial charge in [-0.1, -0.05) is 57.9 Å². The number of benzene rings is 3. The Morgan fingerprint density at radius 1 is 0.830 bits per heavy atom. The second-order valence-corrected chi connectivity index (χ2v) is 20.0. The zero-order valence-electron chi connectivity index (χ0n) is 30.4. The summed E-state index contributed by atoms with van der Waals surface area (Å²) in [4.78, 5) is 5.07. The van der Waals surface area contributed by atoms with Gasteiger partial charge in [-0.25, -0.2) is 0 Å². The van der Waals surface area contributed by atoms with Crippen LogP contribution in [0.15, 0.2) is 60.7 Å². The van der Waals surface area contributed by atoms with Crippen LogP contribution in [0.5, 0.6) is 17.2 Å². The van der Waals surface area contributed by atoms with Crippen LogP contribution >= 0.6 is 0 Å². The summed E-state index contributed by atoms with van der Waals surface area (Å²) in [6.07, 6.45) is 9.89. The van der Waals surface area contributed by atoms with Crippen LogP contribution < -0.4 is 18.8 Å². The molecule has 1 fully saturated rings. The number of rotatable bonds is 12. The summed E-state index contributed by atoms with van der Waals surface area (Å²) in [6.45, 7) is 19.8. The molecule has 0 saturated carbocycles. The van der Waals surface area contributed by atoms with Crippen LogP contribution in [0.1, 0.15) is 94.4 Å². The Hall–Kier alpha value is -2.96. The zero-order chi connectivity index (χ0) is 33.4. The van der Waals surface area contributed by atoms with Gasteiger partial charge in [-0.2, -0.15) is 0 Å². The molecule has 1 aliphatic carbocycles. The van der Waals surface area contributed by atoms with E-state index in [4.69, 9.17) is 13.9 Å². The molecule has 6 heteroatoms. The summed E-state index contributed by atoms with van der Waals surface area (Å²) in [7, 11) is -0.109. The molecule has 0 spiro atoms. The van der Waals surface area contributed by atoms with Crippen molar-refractivity contribution in [2.45, 2.75) is 110 Å². The van der Waals surface area contributed by atoms with Crippen molar-refractivity contribution in [3.63, 3.8) is 0 Å². The van der Waals surface area contributed by atoms with Crippen LogP contribution in [0.4, 0.5) is 5.69 Å². The fourth-order valence-electron chi connectivity index (χ4n) is 6.92. The molecule has 0 aromatic heterocycles. The van der Waals surface area contributed by atoms with Gasteiger partial charge in [-0.15, -0.1) is 0 Å². The Bertz CT molecular complexity index is 1420. The average Bonchev–Trinajstić information content (AvgIpc) is 3.44.